The van der Waals surface area contributed by atoms with Gasteiger partial charge in [-0.05, 0) is 62.1 Å². The number of rotatable bonds is 4. The Kier molecular flexibility index (Phi) is 5.12. The highest BCUT2D eigenvalue weighted by atomic mass is 16.2. The number of amides is 1. The highest BCUT2D eigenvalue weighted by molar-refractivity contribution is 5.95. The quantitative estimate of drug-likeness (QED) is 0.709. The second-order valence-electron chi connectivity index (χ2n) is 7.32. The number of likely N-dealkylation sites (tertiary alicyclic amines) is 1. The average molecular weight is 374 g/mol. The molecule has 0 saturated carbocycles. The van der Waals surface area contributed by atoms with Crippen LogP contribution in [0.4, 0.5) is 5.82 Å². The van der Waals surface area contributed by atoms with Gasteiger partial charge in [0.15, 0.2) is 6.29 Å². The fourth-order valence-corrected chi connectivity index (χ4v) is 3.57. The molecule has 28 heavy (non-hydrogen) atoms. The summed E-state index contributed by atoms with van der Waals surface area (Å²) in [7, 11) is 2.08. The van der Waals surface area contributed by atoms with Crippen molar-refractivity contribution in [3.63, 3.8) is 0 Å². The van der Waals surface area contributed by atoms with Crippen LogP contribution < -0.4 is 5.32 Å². The van der Waals surface area contributed by atoms with Crippen molar-refractivity contribution in [1.82, 2.24) is 14.9 Å². The molecule has 0 atom stereocenters. The predicted octanol–water partition coefficient (Wildman–Crippen LogP) is 3.39. The molecule has 3 heterocycles. The van der Waals surface area contributed by atoms with Gasteiger partial charge in [0.2, 0.25) is 5.91 Å². The van der Waals surface area contributed by atoms with Crippen molar-refractivity contribution < 1.29 is 9.59 Å². The van der Waals surface area contributed by atoms with Gasteiger partial charge in [-0.15, -0.1) is 0 Å². The predicted molar refractivity (Wildman–Crippen MR) is 109 cm³/mol. The van der Waals surface area contributed by atoms with Crippen LogP contribution in [0.3, 0.4) is 0 Å². The third-order valence-corrected chi connectivity index (χ3v) is 5.29. The summed E-state index contributed by atoms with van der Waals surface area (Å²) in [5.74, 6) is 0.643. The number of carbonyl (C=O) groups excluding carboxylic acids is 2. The Morgan fingerprint density at radius 2 is 1.89 bits per heavy atom. The first-order chi connectivity index (χ1) is 13.6. The number of pyridine rings is 2. The highest BCUT2D eigenvalue weighted by Gasteiger charge is 2.23. The second kappa shape index (κ2) is 7.86. The maximum absolute atomic E-state index is 12.6. The van der Waals surface area contributed by atoms with Crippen LogP contribution in [0.5, 0.6) is 0 Å². The van der Waals surface area contributed by atoms with Gasteiger partial charge in [-0.3, -0.25) is 14.6 Å². The SMILES string of the molecule is CN1CCC(C(=O)Nc2cc3cc(-c4cncc(C=O)c4)ccc3cn2)CC1. The van der Waals surface area contributed by atoms with Crippen molar-refractivity contribution in [2.75, 3.05) is 25.5 Å². The lowest BCUT2D eigenvalue weighted by Crippen LogP contribution is -2.36. The Bertz CT molecular complexity index is 1030. The standard InChI is InChI=1S/C22H22N4O2/c1-26-6-4-16(5-7-26)22(28)25-21-10-19-9-17(2-3-18(19)13-24-21)20-8-15(14-27)11-23-12-20/h2-3,8-14,16H,4-7H2,1H3,(H,24,25,28). The third kappa shape index (κ3) is 3.92. The first-order valence-electron chi connectivity index (χ1n) is 9.42. The lowest BCUT2D eigenvalue weighted by molar-refractivity contribution is -0.121. The topological polar surface area (TPSA) is 75.2 Å². The van der Waals surface area contributed by atoms with E-state index in [1.807, 2.05) is 30.3 Å². The molecule has 1 aliphatic rings. The molecule has 1 fully saturated rings. The van der Waals surface area contributed by atoms with E-state index in [2.05, 4.69) is 27.2 Å². The minimum Gasteiger partial charge on any atom is -0.310 e. The largest absolute Gasteiger partial charge is 0.310 e. The number of nitrogens with one attached hydrogen (secondary N) is 1. The van der Waals surface area contributed by atoms with E-state index in [1.165, 1.54) is 6.20 Å². The molecule has 0 spiro atoms. The van der Waals surface area contributed by atoms with E-state index in [1.54, 1.807) is 12.4 Å². The van der Waals surface area contributed by atoms with Crippen LogP contribution in [0.25, 0.3) is 21.9 Å². The van der Waals surface area contributed by atoms with Crippen LogP contribution >= 0.6 is 0 Å². The van der Waals surface area contributed by atoms with Crippen LogP contribution in [0, 0.1) is 5.92 Å². The monoisotopic (exact) mass is 374 g/mol. The van der Waals surface area contributed by atoms with Crippen molar-refractivity contribution in [3.05, 3.63) is 54.5 Å². The lowest BCUT2D eigenvalue weighted by atomic mass is 9.96. The molecular weight excluding hydrogens is 352 g/mol. The summed E-state index contributed by atoms with van der Waals surface area (Å²) in [6.07, 6.45) is 7.58. The number of aldehydes is 1. The molecular formula is C22H22N4O2. The Morgan fingerprint density at radius 1 is 1.07 bits per heavy atom. The van der Waals surface area contributed by atoms with Gasteiger partial charge in [-0.25, -0.2) is 4.98 Å². The Morgan fingerprint density at radius 3 is 2.68 bits per heavy atom. The molecule has 1 N–H and O–H groups in total. The van der Waals surface area contributed by atoms with E-state index >= 15 is 0 Å². The number of fused-ring (bicyclic) bond motifs is 1. The first-order valence-corrected chi connectivity index (χ1v) is 9.42. The number of piperidine rings is 1. The van der Waals surface area contributed by atoms with Gasteiger partial charge >= 0.3 is 0 Å². The van der Waals surface area contributed by atoms with Crippen LogP contribution in [-0.2, 0) is 4.79 Å². The second-order valence-corrected chi connectivity index (χ2v) is 7.32. The fraction of sp³-hybridized carbons (Fsp3) is 0.273. The normalized spacial score (nSPS) is 15.5. The van der Waals surface area contributed by atoms with E-state index in [-0.39, 0.29) is 11.8 Å². The molecule has 3 aromatic rings. The summed E-state index contributed by atoms with van der Waals surface area (Å²) in [5.41, 5.74) is 2.38. The van der Waals surface area contributed by atoms with Gasteiger partial charge in [0.25, 0.3) is 0 Å². The van der Waals surface area contributed by atoms with E-state index in [0.29, 0.717) is 11.4 Å². The minimum absolute atomic E-state index is 0.0391. The highest BCUT2D eigenvalue weighted by Crippen LogP contribution is 2.26. The Hall–Kier alpha value is -3.12. The molecule has 0 aliphatic carbocycles. The maximum atomic E-state index is 12.6. The smallest absolute Gasteiger partial charge is 0.228 e. The Balaban J connectivity index is 1.57. The Labute approximate surface area is 163 Å². The molecule has 6 heteroatoms. The summed E-state index contributed by atoms with van der Waals surface area (Å²) in [5, 5.41) is 4.93. The van der Waals surface area contributed by atoms with E-state index in [4.69, 9.17) is 0 Å². The summed E-state index contributed by atoms with van der Waals surface area (Å²) >= 11 is 0. The van der Waals surface area contributed by atoms with Gasteiger partial charge in [-0.2, -0.15) is 0 Å². The molecule has 0 radical (unpaired) electrons. The van der Waals surface area contributed by atoms with Crippen molar-refractivity contribution in [2.24, 2.45) is 5.92 Å². The molecule has 1 saturated heterocycles. The lowest BCUT2D eigenvalue weighted by Gasteiger charge is -2.27. The zero-order valence-corrected chi connectivity index (χ0v) is 15.8. The van der Waals surface area contributed by atoms with E-state index in [9.17, 15) is 9.59 Å². The number of anilines is 1. The van der Waals surface area contributed by atoms with Crippen LogP contribution in [0.2, 0.25) is 0 Å². The maximum Gasteiger partial charge on any atom is 0.228 e. The molecule has 1 aromatic carbocycles. The summed E-state index contributed by atoms with van der Waals surface area (Å²) in [4.78, 5) is 34.3. The summed E-state index contributed by atoms with van der Waals surface area (Å²) in [6.45, 7) is 1.89. The number of hydrogen-bond donors (Lipinski definition) is 1. The first kappa shape index (κ1) is 18.3. The van der Waals surface area contributed by atoms with Crippen LogP contribution in [-0.4, -0.2) is 47.2 Å². The van der Waals surface area contributed by atoms with Gasteiger partial charge in [-0.1, -0.05) is 12.1 Å². The van der Waals surface area contributed by atoms with Gasteiger partial charge in [0.05, 0.1) is 0 Å². The van der Waals surface area contributed by atoms with Gasteiger partial charge < -0.3 is 10.2 Å². The van der Waals surface area contributed by atoms with Crippen molar-refractivity contribution in [1.29, 1.82) is 0 Å². The molecule has 6 nitrogen and oxygen atoms in total. The fourth-order valence-electron chi connectivity index (χ4n) is 3.57. The number of nitrogens with zero attached hydrogens (tertiary/aromatic N) is 3. The molecule has 2 aromatic heterocycles. The third-order valence-electron chi connectivity index (χ3n) is 5.29. The van der Waals surface area contributed by atoms with Gasteiger partial charge in [0, 0.05) is 41.0 Å². The molecule has 0 unspecified atom stereocenters. The van der Waals surface area contributed by atoms with Crippen molar-refractivity contribution >= 4 is 28.8 Å². The minimum atomic E-state index is 0.0391. The van der Waals surface area contributed by atoms with Crippen molar-refractivity contribution in [3.8, 4) is 11.1 Å². The number of benzene rings is 1. The zero-order chi connectivity index (χ0) is 19.5. The van der Waals surface area contributed by atoms with Crippen LogP contribution in [0.15, 0.2) is 48.9 Å². The van der Waals surface area contributed by atoms with Crippen LogP contribution in [0.1, 0.15) is 23.2 Å². The van der Waals surface area contributed by atoms with E-state index in [0.717, 1.165) is 54.1 Å². The number of hydrogen-bond acceptors (Lipinski definition) is 5. The number of aromatic nitrogens is 2. The van der Waals surface area contributed by atoms with Gasteiger partial charge in [0.1, 0.15) is 5.82 Å². The number of carbonyl (C=O) groups is 2. The molecule has 1 aliphatic heterocycles. The molecule has 1 amide bonds. The zero-order valence-electron chi connectivity index (χ0n) is 15.8. The molecule has 4 rings (SSSR count). The molecule has 142 valence electrons. The van der Waals surface area contributed by atoms with Crippen molar-refractivity contribution in [2.45, 2.75) is 12.8 Å². The molecule has 0 bridgehead atoms. The average Bonchev–Trinajstić information content (AvgIpc) is 2.73. The van der Waals surface area contributed by atoms with E-state index < -0.39 is 0 Å². The summed E-state index contributed by atoms with van der Waals surface area (Å²) < 4.78 is 0. The summed E-state index contributed by atoms with van der Waals surface area (Å²) in [6, 6.07) is 9.68.